The highest BCUT2D eigenvalue weighted by Gasteiger charge is 2.43. The van der Waals surface area contributed by atoms with Gasteiger partial charge < -0.3 is 20.2 Å². The lowest BCUT2D eigenvalue weighted by molar-refractivity contribution is -0.129. The van der Waals surface area contributed by atoms with Gasteiger partial charge in [-0.25, -0.2) is 19.3 Å². The van der Waals surface area contributed by atoms with E-state index in [1.807, 2.05) is 60.7 Å². The molecule has 1 unspecified atom stereocenters. The molecule has 11 heteroatoms. The lowest BCUT2D eigenvalue weighted by atomic mass is 9.76. The molecule has 0 saturated carbocycles. The van der Waals surface area contributed by atoms with Gasteiger partial charge in [-0.2, -0.15) is 4.39 Å². The maximum Gasteiger partial charge on any atom is 0.247 e. The number of fused-ring (bicyclic) bond motifs is 1. The maximum atomic E-state index is 16.7. The largest absolute Gasteiger partial charge is 0.384 e. The predicted molar refractivity (Wildman–Crippen MR) is 209 cm³/mol. The lowest BCUT2D eigenvalue weighted by Crippen LogP contribution is -2.39. The number of hydrogen-bond acceptors (Lipinski definition) is 5. The number of pyridine rings is 1. The number of benzene rings is 4. The van der Waals surface area contributed by atoms with Gasteiger partial charge in [-0.15, -0.1) is 0 Å². The highest BCUT2D eigenvalue weighted by molar-refractivity contribution is 6.31. The Morgan fingerprint density at radius 3 is 2.07 bits per heavy atom. The Morgan fingerprint density at radius 1 is 0.800 bits per heavy atom. The molecule has 3 aromatic heterocycles. The molecule has 2 aliphatic rings. The second kappa shape index (κ2) is 13.8. The van der Waals surface area contributed by atoms with E-state index in [0.717, 1.165) is 16.7 Å². The molecule has 0 aliphatic carbocycles. The highest BCUT2D eigenvalue weighted by atomic mass is 35.5. The van der Waals surface area contributed by atoms with Crippen LogP contribution in [0.3, 0.4) is 0 Å². The molecule has 7 aromatic rings. The number of nitrogens with two attached hydrogens (primary N) is 1. The molecule has 272 valence electrons. The first-order chi connectivity index (χ1) is 26.8. The summed E-state index contributed by atoms with van der Waals surface area (Å²) in [4.78, 5) is 32.1. The van der Waals surface area contributed by atoms with E-state index < -0.39 is 17.3 Å². The number of halogens is 3. The normalized spacial score (nSPS) is 17.0. The first kappa shape index (κ1) is 34.4. The summed E-state index contributed by atoms with van der Waals surface area (Å²) in [6.45, 7) is 0. The molecule has 0 radical (unpaired) electrons. The van der Waals surface area contributed by atoms with Crippen LogP contribution in [0.25, 0.3) is 28.1 Å². The quantitative estimate of drug-likeness (QED) is 0.119. The van der Waals surface area contributed by atoms with Crippen LogP contribution in [-0.4, -0.2) is 41.4 Å². The third-order valence-electron chi connectivity index (χ3n) is 10.8. The van der Waals surface area contributed by atoms with Crippen molar-refractivity contribution in [3.63, 3.8) is 0 Å². The van der Waals surface area contributed by atoms with Crippen molar-refractivity contribution in [1.82, 2.24) is 29.4 Å². The standard InChI is InChI=1S/C44H34ClF2N7O/c45-34-19-17-33(37-25-49-26-53(37)44(28-10-4-1-5-11-28,29-12-6-2-7-13-29)30-14-8-3-9-15-30)40(41(34)46)27-22-31-16-20-36(54(31)39(55)23-27)43-50-24-35(51-43)32-18-21-38(48)52-42(32)47/h1-15,17-19,21,23-26,31,36H,16,20,22H2,(H2,48,52)(H,50,51)/t31?,36-/m0/s1. The molecular formula is C44H34ClF2N7O. The number of rotatable bonds is 8. The summed E-state index contributed by atoms with van der Waals surface area (Å²) in [5.41, 5.74) is 10.4. The van der Waals surface area contributed by atoms with Gasteiger partial charge >= 0.3 is 0 Å². The Hall–Kier alpha value is -6.39. The second-order valence-electron chi connectivity index (χ2n) is 13.9. The van der Waals surface area contributed by atoms with Crippen LogP contribution >= 0.6 is 11.6 Å². The number of nitrogens with one attached hydrogen (secondary N) is 1. The van der Waals surface area contributed by atoms with Crippen LogP contribution in [-0.2, 0) is 10.3 Å². The molecule has 4 aromatic carbocycles. The van der Waals surface area contributed by atoms with Gasteiger partial charge in [0, 0.05) is 23.2 Å². The Bertz CT molecular complexity index is 2480. The monoisotopic (exact) mass is 749 g/mol. The first-order valence-electron chi connectivity index (χ1n) is 18.0. The van der Waals surface area contributed by atoms with Gasteiger partial charge in [0.25, 0.3) is 0 Å². The number of carbonyl (C=O) groups is 1. The fourth-order valence-electron chi connectivity index (χ4n) is 8.48. The van der Waals surface area contributed by atoms with Crippen molar-refractivity contribution >= 4 is 28.9 Å². The average Bonchev–Trinajstić information content (AvgIpc) is 3.99. The van der Waals surface area contributed by atoms with Crippen molar-refractivity contribution in [2.45, 2.75) is 36.9 Å². The van der Waals surface area contributed by atoms with Crippen LogP contribution in [0.4, 0.5) is 14.6 Å². The SMILES string of the molecule is Nc1ccc(-c2cnc([C@@H]3CCC4CC(c5c(-c6cncn6C(c6ccccc6)(c6ccccc6)c6ccccc6)ccc(Cl)c5F)=CC(=O)N43)[nH]2)c(F)n1. The van der Waals surface area contributed by atoms with Crippen LogP contribution in [0, 0.1) is 11.8 Å². The molecule has 0 spiro atoms. The van der Waals surface area contributed by atoms with E-state index in [2.05, 4.69) is 55.9 Å². The van der Waals surface area contributed by atoms with Crippen molar-refractivity contribution in [3.8, 4) is 22.5 Å². The van der Waals surface area contributed by atoms with Crippen molar-refractivity contribution < 1.29 is 13.6 Å². The Morgan fingerprint density at radius 2 is 1.44 bits per heavy atom. The number of hydrogen-bond donors (Lipinski definition) is 2. The Labute approximate surface area is 321 Å². The second-order valence-corrected chi connectivity index (χ2v) is 14.3. The van der Waals surface area contributed by atoms with Crippen molar-refractivity contribution in [2.24, 2.45) is 0 Å². The van der Waals surface area contributed by atoms with E-state index in [9.17, 15) is 9.18 Å². The average molecular weight is 750 g/mol. The summed E-state index contributed by atoms with van der Waals surface area (Å²) < 4.78 is 33.4. The molecule has 1 fully saturated rings. The number of imidazole rings is 2. The highest BCUT2D eigenvalue weighted by Crippen LogP contribution is 2.48. The molecule has 2 aliphatic heterocycles. The van der Waals surface area contributed by atoms with E-state index in [4.69, 9.17) is 22.3 Å². The van der Waals surface area contributed by atoms with Gasteiger partial charge in [-0.05, 0) is 59.7 Å². The van der Waals surface area contributed by atoms with E-state index in [1.54, 1.807) is 29.6 Å². The van der Waals surface area contributed by atoms with Gasteiger partial charge in [0.1, 0.15) is 23.0 Å². The zero-order valence-electron chi connectivity index (χ0n) is 29.4. The number of nitrogens with zero attached hydrogens (tertiary/aromatic N) is 5. The summed E-state index contributed by atoms with van der Waals surface area (Å²) in [5, 5.41) is -0.0437. The van der Waals surface area contributed by atoms with Crippen molar-refractivity contribution in [3.05, 3.63) is 185 Å². The molecular weight excluding hydrogens is 716 g/mol. The Balaban J connectivity index is 1.15. The van der Waals surface area contributed by atoms with E-state index >= 15 is 4.39 Å². The molecule has 1 saturated heterocycles. The minimum atomic E-state index is -0.914. The molecule has 9 rings (SSSR count). The van der Waals surface area contributed by atoms with Gasteiger partial charge in [-0.3, -0.25) is 4.79 Å². The summed E-state index contributed by atoms with van der Waals surface area (Å²) in [7, 11) is 0. The zero-order valence-corrected chi connectivity index (χ0v) is 30.2. The van der Waals surface area contributed by atoms with Crippen molar-refractivity contribution in [2.75, 3.05) is 5.73 Å². The predicted octanol–water partition coefficient (Wildman–Crippen LogP) is 9.21. The minimum absolute atomic E-state index is 0.0437. The van der Waals surface area contributed by atoms with Crippen LogP contribution in [0.1, 0.15) is 53.4 Å². The smallest absolute Gasteiger partial charge is 0.247 e. The van der Waals surface area contributed by atoms with Crippen LogP contribution in [0.15, 0.2) is 140 Å². The van der Waals surface area contributed by atoms with E-state index in [1.165, 1.54) is 18.3 Å². The fraction of sp³-hybridized carbons (Fsp3) is 0.136. The first-order valence-corrected chi connectivity index (χ1v) is 18.4. The van der Waals surface area contributed by atoms with Crippen molar-refractivity contribution in [1.29, 1.82) is 0 Å². The minimum Gasteiger partial charge on any atom is -0.384 e. The van der Waals surface area contributed by atoms with Crippen LogP contribution in [0.5, 0.6) is 0 Å². The van der Waals surface area contributed by atoms with Gasteiger partial charge in [0.2, 0.25) is 11.9 Å². The third-order valence-corrected chi connectivity index (χ3v) is 11.1. The topological polar surface area (TPSA) is 106 Å². The summed E-state index contributed by atoms with van der Waals surface area (Å²) in [6, 6.07) is 36.4. The van der Waals surface area contributed by atoms with Gasteiger partial charge in [-0.1, -0.05) is 109 Å². The number of carbonyl (C=O) groups excluding carboxylic acids is 1. The number of amides is 1. The lowest BCUT2D eigenvalue weighted by Gasteiger charge is -2.39. The molecule has 1 amide bonds. The summed E-state index contributed by atoms with van der Waals surface area (Å²) >= 11 is 6.54. The summed E-state index contributed by atoms with van der Waals surface area (Å²) in [6.07, 6.45) is 8.26. The summed E-state index contributed by atoms with van der Waals surface area (Å²) in [5.74, 6) is -0.966. The number of aromatic amines is 1. The Kier molecular flexibility index (Phi) is 8.62. The van der Waals surface area contributed by atoms with E-state index in [0.29, 0.717) is 47.6 Å². The number of H-pyrrole nitrogens is 1. The van der Waals surface area contributed by atoms with Crippen LogP contribution < -0.4 is 5.73 Å². The number of aromatic nitrogens is 5. The van der Waals surface area contributed by atoms with E-state index in [-0.39, 0.29) is 40.0 Å². The van der Waals surface area contributed by atoms with Gasteiger partial charge in [0.05, 0.1) is 46.7 Å². The third kappa shape index (κ3) is 5.72. The fourth-order valence-corrected chi connectivity index (χ4v) is 8.64. The number of anilines is 1. The van der Waals surface area contributed by atoms with Crippen LogP contribution in [0.2, 0.25) is 5.02 Å². The molecule has 3 N–H and O–H groups in total. The molecule has 2 atom stereocenters. The molecule has 55 heavy (non-hydrogen) atoms. The molecule has 8 nitrogen and oxygen atoms in total. The number of nitrogen functional groups attached to an aromatic ring is 1. The molecule has 0 bridgehead atoms. The van der Waals surface area contributed by atoms with Gasteiger partial charge in [0.15, 0.2) is 0 Å². The molecule has 5 heterocycles. The maximum absolute atomic E-state index is 16.7. The zero-order chi connectivity index (χ0) is 37.7.